The van der Waals surface area contributed by atoms with Gasteiger partial charge in [-0.2, -0.15) is 0 Å². The van der Waals surface area contributed by atoms with E-state index in [0.29, 0.717) is 31.7 Å². The minimum absolute atomic E-state index is 0.0118. The molecule has 0 fully saturated rings. The highest BCUT2D eigenvalue weighted by Crippen LogP contribution is 2.44. The topological polar surface area (TPSA) is 80.6 Å². The smallest absolute Gasteiger partial charge is 0.410 e. The van der Waals surface area contributed by atoms with Gasteiger partial charge in [0, 0.05) is 36.2 Å². The predicted molar refractivity (Wildman–Crippen MR) is 127 cm³/mol. The van der Waals surface area contributed by atoms with Crippen molar-refractivity contribution in [1.29, 1.82) is 0 Å². The molecule has 0 spiro atoms. The number of nitrogens with zero attached hydrogens (tertiary/aromatic N) is 1. The van der Waals surface area contributed by atoms with E-state index in [2.05, 4.69) is 39.1 Å². The van der Waals surface area contributed by atoms with Gasteiger partial charge in [0.1, 0.15) is 11.6 Å². The molecular formula is C26H33FN2O4. The molecule has 1 unspecified atom stereocenters. The van der Waals surface area contributed by atoms with E-state index < -0.39 is 11.9 Å². The number of nitrogens with one attached hydrogen (secondary N) is 1. The van der Waals surface area contributed by atoms with E-state index in [4.69, 9.17) is 4.74 Å². The number of aliphatic hydroxyl groups is 1. The summed E-state index contributed by atoms with van der Waals surface area (Å²) in [5.74, 6) is 0.0696. The summed E-state index contributed by atoms with van der Waals surface area (Å²) in [5, 5.41) is 11.8. The molecular weight excluding hydrogens is 423 g/mol. The molecule has 7 heteroatoms. The molecule has 1 aliphatic carbocycles. The number of hydrogen-bond acceptors (Lipinski definition) is 4. The maximum atomic E-state index is 13.5. The number of amides is 1. The van der Waals surface area contributed by atoms with Crippen molar-refractivity contribution in [1.82, 2.24) is 4.57 Å². The highest BCUT2D eigenvalue weighted by molar-refractivity contribution is 5.86. The average Bonchev–Trinajstić information content (AvgIpc) is 2.71. The Morgan fingerprint density at radius 2 is 2.09 bits per heavy atom. The lowest BCUT2D eigenvalue weighted by molar-refractivity contribution is 0.182. The number of benzene rings is 1. The van der Waals surface area contributed by atoms with Gasteiger partial charge in [-0.05, 0) is 69.1 Å². The summed E-state index contributed by atoms with van der Waals surface area (Å²) in [6.45, 7) is 8.93. The SMILES string of the molecule is CC(C)=CCC1Cc2c(OC(=O)Nc3cccc(F)c3)cc(=O)n(CCCO)c2CC1(C)C. The zero-order chi connectivity index (χ0) is 24.2. The van der Waals surface area contributed by atoms with Crippen LogP contribution >= 0.6 is 0 Å². The molecule has 178 valence electrons. The van der Waals surface area contributed by atoms with Crippen molar-refractivity contribution < 1.29 is 19.0 Å². The largest absolute Gasteiger partial charge is 0.417 e. The van der Waals surface area contributed by atoms with Crippen LogP contribution in [0.4, 0.5) is 14.9 Å². The predicted octanol–water partition coefficient (Wildman–Crippen LogP) is 5.08. The van der Waals surface area contributed by atoms with E-state index in [-0.39, 0.29) is 29.0 Å². The Morgan fingerprint density at radius 1 is 1.33 bits per heavy atom. The number of hydrogen-bond donors (Lipinski definition) is 2. The molecule has 0 aliphatic heterocycles. The summed E-state index contributed by atoms with van der Waals surface area (Å²) in [5.41, 5.74) is 2.88. The first-order valence-corrected chi connectivity index (χ1v) is 11.3. The van der Waals surface area contributed by atoms with Crippen molar-refractivity contribution in [2.45, 2.75) is 59.9 Å². The molecule has 1 aliphatic rings. The summed E-state index contributed by atoms with van der Waals surface area (Å²) in [7, 11) is 0. The first kappa shape index (κ1) is 24.7. The number of carbonyl (C=O) groups is 1. The van der Waals surface area contributed by atoms with Gasteiger partial charge in [-0.3, -0.25) is 10.1 Å². The maximum absolute atomic E-state index is 13.5. The molecule has 1 atom stereocenters. The Hall–Kier alpha value is -2.93. The molecule has 2 N–H and O–H groups in total. The Labute approximate surface area is 194 Å². The summed E-state index contributed by atoms with van der Waals surface area (Å²) in [6, 6.07) is 6.88. The highest BCUT2D eigenvalue weighted by Gasteiger charge is 2.37. The number of ether oxygens (including phenoxy) is 1. The van der Waals surface area contributed by atoms with Crippen LogP contribution in [0.25, 0.3) is 0 Å². The third kappa shape index (κ3) is 6.11. The lowest BCUT2D eigenvalue weighted by atomic mass is 9.66. The normalized spacial score (nSPS) is 16.6. The summed E-state index contributed by atoms with van der Waals surface area (Å²) in [6.07, 6.45) is 4.12. The van der Waals surface area contributed by atoms with Crippen LogP contribution in [0.3, 0.4) is 0 Å². The Bertz CT molecular complexity index is 1100. The van der Waals surface area contributed by atoms with Crippen LogP contribution in [0, 0.1) is 17.2 Å². The van der Waals surface area contributed by atoms with E-state index >= 15 is 0 Å². The van der Waals surface area contributed by atoms with Gasteiger partial charge < -0.3 is 14.4 Å². The van der Waals surface area contributed by atoms with Gasteiger partial charge in [-0.15, -0.1) is 0 Å². The monoisotopic (exact) mass is 456 g/mol. The lowest BCUT2D eigenvalue weighted by Crippen LogP contribution is -2.38. The number of aromatic nitrogens is 1. The van der Waals surface area contributed by atoms with E-state index in [0.717, 1.165) is 17.7 Å². The first-order valence-electron chi connectivity index (χ1n) is 11.3. The fourth-order valence-electron chi connectivity index (χ4n) is 4.39. The van der Waals surface area contributed by atoms with Gasteiger partial charge in [-0.1, -0.05) is 31.6 Å². The molecule has 0 saturated heterocycles. The number of aliphatic hydroxyl groups excluding tert-OH is 1. The van der Waals surface area contributed by atoms with Crippen LogP contribution in [-0.2, 0) is 19.4 Å². The van der Waals surface area contributed by atoms with Crippen molar-refractivity contribution in [3.63, 3.8) is 0 Å². The van der Waals surface area contributed by atoms with Gasteiger partial charge in [0.15, 0.2) is 0 Å². The second-order valence-corrected chi connectivity index (χ2v) is 9.61. The molecule has 0 radical (unpaired) electrons. The van der Waals surface area contributed by atoms with Crippen molar-refractivity contribution >= 4 is 11.8 Å². The van der Waals surface area contributed by atoms with Gasteiger partial charge in [-0.25, -0.2) is 9.18 Å². The zero-order valence-electron chi connectivity index (χ0n) is 19.8. The Balaban J connectivity index is 1.97. The molecule has 1 amide bonds. The fraction of sp³-hybridized carbons (Fsp3) is 0.462. The molecule has 6 nitrogen and oxygen atoms in total. The van der Waals surface area contributed by atoms with Crippen LogP contribution in [0.15, 0.2) is 46.8 Å². The molecule has 0 bridgehead atoms. The Morgan fingerprint density at radius 3 is 2.76 bits per heavy atom. The number of allylic oxidation sites excluding steroid dienone is 2. The molecule has 1 aromatic carbocycles. The van der Waals surface area contributed by atoms with Crippen LogP contribution in [-0.4, -0.2) is 22.4 Å². The van der Waals surface area contributed by atoms with Crippen molar-refractivity contribution in [2.75, 3.05) is 11.9 Å². The molecule has 33 heavy (non-hydrogen) atoms. The maximum Gasteiger partial charge on any atom is 0.417 e. The van der Waals surface area contributed by atoms with E-state index in [1.54, 1.807) is 10.6 Å². The number of rotatable bonds is 7. The molecule has 2 aromatic rings. The number of anilines is 1. The minimum Gasteiger partial charge on any atom is -0.410 e. The number of pyridine rings is 1. The van der Waals surface area contributed by atoms with Gasteiger partial charge in [0.05, 0.1) is 0 Å². The van der Waals surface area contributed by atoms with E-state index in [9.17, 15) is 19.1 Å². The molecule has 3 rings (SSSR count). The third-order valence-electron chi connectivity index (χ3n) is 6.30. The summed E-state index contributed by atoms with van der Waals surface area (Å²) < 4.78 is 20.7. The third-order valence-corrected chi connectivity index (χ3v) is 6.30. The van der Waals surface area contributed by atoms with Crippen molar-refractivity contribution in [2.24, 2.45) is 11.3 Å². The zero-order valence-corrected chi connectivity index (χ0v) is 19.8. The van der Waals surface area contributed by atoms with Crippen molar-refractivity contribution in [3.05, 3.63) is 69.4 Å². The highest BCUT2D eigenvalue weighted by atomic mass is 19.1. The second kappa shape index (κ2) is 10.3. The van der Waals surface area contributed by atoms with E-state index in [1.807, 2.05) is 0 Å². The summed E-state index contributed by atoms with van der Waals surface area (Å²) >= 11 is 0. The van der Waals surface area contributed by atoms with Crippen LogP contribution < -0.4 is 15.6 Å². The molecule has 0 saturated carbocycles. The van der Waals surface area contributed by atoms with Crippen molar-refractivity contribution in [3.8, 4) is 5.75 Å². The quantitative estimate of drug-likeness (QED) is 0.570. The van der Waals surface area contributed by atoms with Crippen LogP contribution in [0.2, 0.25) is 0 Å². The average molecular weight is 457 g/mol. The number of fused-ring (bicyclic) bond motifs is 1. The summed E-state index contributed by atoms with van der Waals surface area (Å²) in [4.78, 5) is 25.5. The number of halogens is 1. The standard InChI is InChI=1S/C26H33FN2O4/c1-17(2)9-10-18-13-21-22(16-26(18,3)4)29(11-6-12-30)24(31)15-23(21)33-25(32)28-20-8-5-7-19(27)14-20/h5,7-9,14-15,18,30H,6,10-13,16H2,1-4H3,(H,28,32). The molecule has 1 heterocycles. The van der Waals surface area contributed by atoms with Gasteiger partial charge in [0.2, 0.25) is 0 Å². The lowest BCUT2D eigenvalue weighted by Gasteiger charge is -2.41. The second-order valence-electron chi connectivity index (χ2n) is 9.61. The fourth-order valence-corrected chi connectivity index (χ4v) is 4.39. The van der Waals surface area contributed by atoms with Crippen LogP contribution in [0.5, 0.6) is 5.75 Å². The number of carbonyl (C=O) groups excluding carboxylic acids is 1. The van der Waals surface area contributed by atoms with Gasteiger partial charge in [0.25, 0.3) is 5.56 Å². The Kier molecular flexibility index (Phi) is 7.74. The van der Waals surface area contributed by atoms with Gasteiger partial charge >= 0.3 is 6.09 Å². The molecule has 1 aromatic heterocycles. The minimum atomic E-state index is -0.777. The van der Waals surface area contributed by atoms with E-state index in [1.165, 1.54) is 29.8 Å². The first-order chi connectivity index (χ1) is 15.6. The van der Waals surface area contributed by atoms with Crippen LogP contribution in [0.1, 0.15) is 51.8 Å².